The van der Waals surface area contributed by atoms with Crippen molar-refractivity contribution >= 4 is 34.6 Å². The van der Waals surface area contributed by atoms with Crippen molar-refractivity contribution in [3.05, 3.63) is 36.2 Å². The lowest BCUT2D eigenvalue weighted by Crippen LogP contribution is -2.34. The minimum atomic E-state index is -0.287. The average molecular weight is 347 g/mol. The van der Waals surface area contributed by atoms with Gasteiger partial charge in [0.1, 0.15) is 5.82 Å². The smallest absolute Gasteiger partial charge is 0.239 e. The second-order valence-electron chi connectivity index (χ2n) is 4.99. The van der Waals surface area contributed by atoms with Gasteiger partial charge in [-0.3, -0.25) is 14.4 Å². The Kier molecular flexibility index (Phi) is 5.02. The predicted octanol–water partition coefficient (Wildman–Crippen LogP) is 2.28. The van der Waals surface area contributed by atoms with Gasteiger partial charge in [-0.15, -0.1) is 10.2 Å². The van der Waals surface area contributed by atoms with Crippen LogP contribution in [0.4, 0.5) is 0 Å². The number of rotatable bonds is 4. The number of aromatic nitrogens is 3. The van der Waals surface area contributed by atoms with Crippen LogP contribution in [0.3, 0.4) is 0 Å². The quantitative estimate of drug-likeness (QED) is 0.859. The van der Waals surface area contributed by atoms with Crippen LogP contribution in [0.1, 0.15) is 12.7 Å². The molecule has 0 fully saturated rings. The van der Waals surface area contributed by atoms with Gasteiger partial charge in [0, 0.05) is 11.4 Å². The number of benzene rings is 1. The molecule has 0 bridgehead atoms. The Morgan fingerprint density at radius 3 is 2.83 bits per heavy atom. The molecule has 1 aromatic heterocycles. The maximum atomic E-state index is 12.3. The van der Waals surface area contributed by atoms with Crippen molar-refractivity contribution in [1.29, 1.82) is 0 Å². The molecule has 6 nitrogen and oxygen atoms in total. The largest absolute Gasteiger partial charge is 0.304 e. The van der Waals surface area contributed by atoms with Crippen LogP contribution in [-0.2, 0) is 4.79 Å². The zero-order chi connectivity index (χ0) is 16.2. The van der Waals surface area contributed by atoms with E-state index in [1.165, 1.54) is 11.8 Å². The molecule has 1 amide bonds. The minimum absolute atomic E-state index is 0.0663. The number of carbonyl (C=O) groups is 1. The first-order valence-electron chi connectivity index (χ1n) is 7.27. The van der Waals surface area contributed by atoms with Gasteiger partial charge in [-0.2, -0.15) is 0 Å². The predicted molar refractivity (Wildman–Crippen MR) is 94.3 cm³/mol. The Morgan fingerprint density at radius 2 is 2.13 bits per heavy atom. The summed E-state index contributed by atoms with van der Waals surface area (Å²) < 4.78 is 1.95. The Bertz CT molecular complexity index is 729. The van der Waals surface area contributed by atoms with E-state index >= 15 is 0 Å². The molecule has 1 aromatic carbocycles. The van der Waals surface area contributed by atoms with Crippen LogP contribution in [0.25, 0.3) is 5.69 Å². The number of nitrogens with one attached hydrogen (secondary N) is 1. The molecule has 0 saturated heterocycles. The van der Waals surface area contributed by atoms with E-state index in [1.807, 2.05) is 48.7 Å². The molecule has 2 heterocycles. The number of amidine groups is 1. The summed E-state index contributed by atoms with van der Waals surface area (Å²) in [5.41, 5.74) is 0.987. The third-order valence-corrected chi connectivity index (χ3v) is 5.21. The second-order valence-corrected chi connectivity index (χ2v) is 7.38. The molecule has 23 heavy (non-hydrogen) atoms. The highest BCUT2D eigenvalue weighted by Crippen LogP contribution is 2.25. The van der Waals surface area contributed by atoms with Crippen LogP contribution in [0.5, 0.6) is 0 Å². The highest BCUT2D eigenvalue weighted by molar-refractivity contribution is 8.14. The molecule has 0 radical (unpaired) electrons. The van der Waals surface area contributed by atoms with E-state index in [0.29, 0.717) is 10.3 Å². The highest BCUT2D eigenvalue weighted by atomic mass is 32.2. The normalized spacial score (nSPS) is 15.3. The summed E-state index contributed by atoms with van der Waals surface area (Å²) in [6, 6.07) is 9.89. The van der Waals surface area contributed by atoms with Gasteiger partial charge in [-0.1, -0.05) is 41.7 Å². The van der Waals surface area contributed by atoms with Gasteiger partial charge in [-0.25, -0.2) is 0 Å². The number of aryl methyl sites for hydroxylation is 1. The highest BCUT2D eigenvalue weighted by Gasteiger charge is 2.21. The number of thioether (sulfide) groups is 2. The van der Waals surface area contributed by atoms with Crippen molar-refractivity contribution in [2.24, 2.45) is 4.99 Å². The second kappa shape index (κ2) is 7.18. The third-order valence-electron chi connectivity index (χ3n) is 3.28. The zero-order valence-corrected chi connectivity index (χ0v) is 14.5. The molecule has 1 atom stereocenters. The van der Waals surface area contributed by atoms with E-state index in [4.69, 9.17) is 0 Å². The van der Waals surface area contributed by atoms with Crippen molar-refractivity contribution in [3.8, 4) is 5.69 Å². The lowest BCUT2D eigenvalue weighted by Gasteiger charge is -2.12. The maximum Gasteiger partial charge on any atom is 0.239 e. The molecule has 1 aliphatic heterocycles. The number of aliphatic imine (C=N–C) groups is 1. The van der Waals surface area contributed by atoms with Crippen LogP contribution in [0.15, 0.2) is 40.5 Å². The van der Waals surface area contributed by atoms with Gasteiger partial charge >= 0.3 is 0 Å². The Balaban J connectivity index is 1.74. The van der Waals surface area contributed by atoms with Crippen LogP contribution in [0.2, 0.25) is 0 Å². The average Bonchev–Trinajstić information content (AvgIpc) is 3.18. The monoisotopic (exact) mass is 347 g/mol. The molecule has 120 valence electrons. The van der Waals surface area contributed by atoms with Crippen LogP contribution in [0, 0.1) is 6.92 Å². The molecule has 0 aliphatic carbocycles. The van der Waals surface area contributed by atoms with Gasteiger partial charge in [0.15, 0.2) is 10.3 Å². The molecule has 1 aliphatic rings. The first kappa shape index (κ1) is 16.1. The number of amides is 1. The van der Waals surface area contributed by atoms with Gasteiger partial charge < -0.3 is 5.32 Å². The molecule has 2 aromatic rings. The molecule has 0 saturated carbocycles. The Morgan fingerprint density at radius 1 is 1.35 bits per heavy atom. The van der Waals surface area contributed by atoms with Crippen molar-refractivity contribution < 1.29 is 4.79 Å². The Labute approximate surface area is 143 Å². The topological polar surface area (TPSA) is 72.2 Å². The van der Waals surface area contributed by atoms with Crippen LogP contribution < -0.4 is 5.32 Å². The number of nitrogens with zero attached hydrogens (tertiary/aromatic N) is 4. The fourth-order valence-electron chi connectivity index (χ4n) is 2.12. The standard InChI is InChI=1S/C15H17N5OS2/c1-10(13(21)17-14-16-8-9-22-14)23-15-19-18-11(2)20(15)12-6-4-3-5-7-12/h3-7,10H,8-9H2,1-2H3,(H,16,17,21). The minimum Gasteiger partial charge on any atom is -0.304 e. The fourth-order valence-corrected chi connectivity index (χ4v) is 3.77. The molecular weight excluding hydrogens is 330 g/mol. The summed E-state index contributed by atoms with van der Waals surface area (Å²) in [6.07, 6.45) is 0. The van der Waals surface area contributed by atoms with E-state index in [-0.39, 0.29) is 11.2 Å². The number of carbonyl (C=O) groups excluding carboxylic acids is 1. The van der Waals surface area contributed by atoms with Crippen molar-refractivity contribution in [3.63, 3.8) is 0 Å². The van der Waals surface area contributed by atoms with Crippen molar-refractivity contribution in [2.75, 3.05) is 12.3 Å². The SMILES string of the molecule is Cc1nnc(SC(C)C(=O)NC2=NCCS2)n1-c1ccccc1. The summed E-state index contributed by atoms with van der Waals surface area (Å²) in [6.45, 7) is 4.53. The van der Waals surface area contributed by atoms with Crippen LogP contribution >= 0.6 is 23.5 Å². The summed E-state index contributed by atoms with van der Waals surface area (Å²) in [5, 5.41) is 12.3. The van der Waals surface area contributed by atoms with E-state index in [1.54, 1.807) is 11.8 Å². The van der Waals surface area contributed by atoms with Gasteiger partial charge in [0.2, 0.25) is 5.91 Å². The molecule has 1 N–H and O–H groups in total. The lowest BCUT2D eigenvalue weighted by molar-refractivity contribution is -0.118. The summed E-state index contributed by atoms with van der Waals surface area (Å²) in [5.74, 6) is 1.66. The summed E-state index contributed by atoms with van der Waals surface area (Å²) in [4.78, 5) is 16.5. The van der Waals surface area contributed by atoms with E-state index in [0.717, 1.165) is 23.8 Å². The van der Waals surface area contributed by atoms with Crippen molar-refractivity contribution in [2.45, 2.75) is 24.3 Å². The van der Waals surface area contributed by atoms with E-state index in [9.17, 15) is 4.79 Å². The fraction of sp³-hybridized carbons (Fsp3) is 0.333. The summed E-state index contributed by atoms with van der Waals surface area (Å²) in [7, 11) is 0. The molecular formula is C15H17N5OS2. The number of hydrogen-bond acceptors (Lipinski definition) is 6. The third kappa shape index (κ3) is 3.76. The van der Waals surface area contributed by atoms with Crippen LogP contribution in [-0.4, -0.2) is 43.4 Å². The van der Waals surface area contributed by atoms with E-state index in [2.05, 4.69) is 20.5 Å². The zero-order valence-electron chi connectivity index (χ0n) is 12.9. The Hall–Kier alpha value is -1.80. The first-order valence-corrected chi connectivity index (χ1v) is 9.14. The molecule has 3 rings (SSSR count). The molecule has 8 heteroatoms. The maximum absolute atomic E-state index is 12.3. The van der Waals surface area contributed by atoms with Gasteiger partial charge in [0.25, 0.3) is 0 Å². The molecule has 0 spiro atoms. The lowest BCUT2D eigenvalue weighted by atomic mass is 10.3. The number of hydrogen-bond donors (Lipinski definition) is 1. The van der Waals surface area contributed by atoms with Gasteiger partial charge in [0.05, 0.1) is 11.8 Å². The van der Waals surface area contributed by atoms with Gasteiger partial charge in [-0.05, 0) is 26.0 Å². The molecule has 1 unspecified atom stereocenters. The first-order chi connectivity index (χ1) is 11.1. The number of para-hydroxylation sites is 1. The van der Waals surface area contributed by atoms with E-state index < -0.39 is 0 Å². The summed E-state index contributed by atoms with van der Waals surface area (Å²) >= 11 is 2.96. The van der Waals surface area contributed by atoms with Crippen molar-refractivity contribution in [1.82, 2.24) is 20.1 Å².